The summed E-state index contributed by atoms with van der Waals surface area (Å²) in [7, 11) is 0. The molecule has 0 aliphatic heterocycles. The molecule has 0 N–H and O–H groups in total. The van der Waals surface area contributed by atoms with E-state index in [9.17, 15) is 4.79 Å². The Bertz CT molecular complexity index is 253. The van der Waals surface area contributed by atoms with Gasteiger partial charge in [-0.3, -0.25) is 0 Å². The monoisotopic (exact) mass is 189 g/mol. The number of hydrogen-bond donors (Lipinski definition) is 0. The standard InChI is InChI=1S/C7H3Cl2O2/c8-5-1-6(9)3-7(2-5)11-4-10/h1-3H. The molecule has 2 nitrogen and oxygen atoms in total. The molecule has 0 amide bonds. The molecule has 0 aliphatic rings. The zero-order valence-electron chi connectivity index (χ0n) is 5.30. The van der Waals surface area contributed by atoms with E-state index in [-0.39, 0.29) is 5.75 Å². The summed E-state index contributed by atoms with van der Waals surface area (Å²) in [5.41, 5.74) is 0. The van der Waals surface area contributed by atoms with Crippen LogP contribution in [0.15, 0.2) is 18.2 Å². The van der Waals surface area contributed by atoms with Gasteiger partial charge in [0.05, 0.1) is 0 Å². The summed E-state index contributed by atoms with van der Waals surface area (Å²) in [5.74, 6) is 0.289. The summed E-state index contributed by atoms with van der Waals surface area (Å²) in [5, 5.41) is 0.838. The fourth-order valence-electron chi connectivity index (χ4n) is 0.636. The number of benzene rings is 1. The van der Waals surface area contributed by atoms with E-state index < -0.39 is 0 Å². The minimum atomic E-state index is 0.289. The average Bonchev–Trinajstić information content (AvgIpc) is 1.85. The molecular formula is C7H3Cl2O2. The van der Waals surface area contributed by atoms with E-state index in [2.05, 4.69) is 4.74 Å². The Morgan fingerprint density at radius 2 is 1.73 bits per heavy atom. The normalized spacial score (nSPS) is 9.27. The molecule has 0 spiro atoms. The Morgan fingerprint density at radius 3 is 2.18 bits per heavy atom. The minimum Gasteiger partial charge on any atom is -0.418 e. The average molecular weight is 190 g/mol. The Morgan fingerprint density at radius 1 is 1.18 bits per heavy atom. The highest BCUT2D eigenvalue weighted by Gasteiger charge is 1.97. The number of ether oxygens (including phenoxy) is 1. The van der Waals surface area contributed by atoms with Gasteiger partial charge in [0, 0.05) is 10.0 Å². The SMILES string of the molecule is O=[C]Oc1cc(Cl)cc(Cl)c1. The zero-order valence-corrected chi connectivity index (χ0v) is 6.82. The van der Waals surface area contributed by atoms with Crippen LogP contribution in [0, 0.1) is 0 Å². The molecule has 57 valence electrons. The summed E-state index contributed by atoms with van der Waals surface area (Å²) in [6, 6.07) is 4.48. The Balaban J connectivity index is 2.98. The zero-order chi connectivity index (χ0) is 8.27. The first-order valence-corrected chi connectivity index (χ1v) is 3.48. The van der Waals surface area contributed by atoms with E-state index in [1.165, 1.54) is 18.6 Å². The maximum atomic E-state index is 9.76. The van der Waals surface area contributed by atoms with Crippen LogP contribution in [0.1, 0.15) is 0 Å². The summed E-state index contributed by atoms with van der Waals surface area (Å²) in [4.78, 5) is 9.76. The van der Waals surface area contributed by atoms with Crippen LogP contribution in [0.25, 0.3) is 0 Å². The Labute approximate surface area is 73.7 Å². The van der Waals surface area contributed by atoms with Crippen molar-refractivity contribution in [2.45, 2.75) is 0 Å². The van der Waals surface area contributed by atoms with E-state index in [1.54, 1.807) is 6.07 Å². The maximum Gasteiger partial charge on any atom is 0.423 e. The van der Waals surface area contributed by atoms with Crippen LogP contribution in [0.4, 0.5) is 0 Å². The van der Waals surface area contributed by atoms with Crippen LogP contribution in [0.5, 0.6) is 5.75 Å². The third kappa shape index (κ3) is 2.41. The lowest BCUT2D eigenvalue weighted by Gasteiger charge is -1.97. The predicted molar refractivity (Wildman–Crippen MR) is 42.8 cm³/mol. The predicted octanol–water partition coefficient (Wildman–Crippen LogP) is 2.44. The quantitative estimate of drug-likeness (QED) is 0.715. The number of carbonyl (C=O) groups excluding carboxylic acids is 1. The fraction of sp³-hybridized carbons (Fsp3) is 0. The highest BCUT2D eigenvalue weighted by molar-refractivity contribution is 6.34. The molecule has 0 aliphatic carbocycles. The van der Waals surface area contributed by atoms with Crippen molar-refractivity contribution in [3.63, 3.8) is 0 Å². The number of hydrogen-bond acceptors (Lipinski definition) is 2. The van der Waals surface area contributed by atoms with Crippen molar-refractivity contribution in [2.75, 3.05) is 0 Å². The maximum absolute atomic E-state index is 9.76. The van der Waals surface area contributed by atoms with Gasteiger partial charge < -0.3 is 4.74 Å². The third-order valence-corrected chi connectivity index (χ3v) is 1.43. The van der Waals surface area contributed by atoms with Crippen LogP contribution >= 0.6 is 23.2 Å². The molecule has 0 fully saturated rings. The van der Waals surface area contributed by atoms with Crippen molar-refractivity contribution in [1.29, 1.82) is 0 Å². The lowest BCUT2D eigenvalue weighted by molar-refractivity contribution is 0.443. The molecule has 0 atom stereocenters. The van der Waals surface area contributed by atoms with E-state index in [4.69, 9.17) is 23.2 Å². The van der Waals surface area contributed by atoms with Gasteiger partial charge in [-0.15, -0.1) is 0 Å². The molecular weight excluding hydrogens is 187 g/mol. The molecule has 0 aromatic heterocycles. The molecule has 1 aromatic rings. The number of halogens is 2. The molecule has 0 saturated carbocycles. The van der Waals surface area contributed by atoms with Crippen molar-refractivity contribution in [3.05, 3.63) is 28.2 Å². The lowest BCUT2D eigenvalue weighted by Crippen LogP contribution is -1.87. The van der Waals surface area contributed by atoms with Crippen molar-refractivity contribution in [1.82, 2.24) is 0 Å². The highest BCUT2D eigenvalue weighted by atomic mass is 35.5. The Kier molecular flexibility index (Phi) is 2.74. The second-order valence-corrected chi connectivity index (χ2v) is 2.66. The number of rotatable bonds is 2. The van der Waals surface area contributed by atoms with Crippen LogP contribution < -0.4 is 4.74 Å². The summed E-state index contributed by atoms with van der Waals surface area (Å²) >= 11 is 11.2. The van der Waals surface area contributed by atoms with Crippen molar-refractivity contribution in [3.8, 4) is 5.75 Å². The molecule has 1 aromatic carbocycles. The summed E-state index contributed by atoms with van der Waals surface area (Å²) < 4.78 is 4.39. The van der Waals surface area contributed by atoms with Crippen molar-refractivity contribution >= 4 is 29.7 Å². The molecule has 1 rings (SSSR count). The molecule has 0 saturated heterocycles. The topological polar surface area (TPSA) is 26.3 Å². The van der Waals surface area contributed by atoms with Gasteiger partial charge in [-0.1, -0.05) is 23.2 Å². The molecule has 4 heteroatoms. The smallest absolute Gasteiger partial charge is 0.418 e. The minimum absolute atomic E-state index is 0.289. The largest absolute Gasteiger partial charge is 0.423 e. The van der Waals surface area contributed by atoms with Gasteiger partial charge in [-0.05, 0) is 18.2 Å². The fourth-order valence-corrected chi connectivity index (χ4v) is 1.14. The van der Waals surface area contributed by atoms with Crippen LogP contribution in [-0.2, 0) is 4.79 Å². The van der Waals surface area contributed by atoms with Gasteiger partial charge in [0.25, 0.3) is 0 Å². The van der Waals surface area contributed by atoms with Crippen LogP contribution in [-0.4, -0.2) is 6.47 Å². The molecule has 0 heterocycles. The summed E-state index contributed by atoms with van der Waals surface area (Å²) in [6.07, 6.45) is 0. The second-order valence-electron chi connectivity index (χ2n) is 1.79. The van der Waals surface area contributed by atoms with Gasteiger partial charge in [0.1, 0.15) is 5.75 Å². The van der Waals surface area contributed by atoms with E-state index in [1.807, 2.05) is 0 Å². The molecule has 11 heavy (non-hydrogen) atoms. The van der Waals surface area contributed by atoms with Crippen LogP contribution in [0.2, 0.25) is 10.0 Å². The van der Waals surface area contributed by atoms with Crippen molar-refractivity contribution in [2.24, 2.45) is 0 Å². The first kappa shape index (κ1) is 8.37. The Hall–Kier alpha value is -0.730. The molecule has 1 radical (unpaired) electrons. The lowest BCUT2D eigenvalue weighted by atomic mass is 10.3. The summed E-state index contributed by atoms with van der Waals surface area (Å²) in [6.45, 7) is 1.27. The highest BCUT2D eigenvalue weighted by Crippen LogP contribution is 2.23. The van der Waals surface area contributed by atoms with Gasteiger partial charge in [0.15, 0.2) is 0 Å². The van der Waals surface area contributed by atoms with Gasteiger partial charge in [-0.2, -0.15) is 0 Å². The van der Waals surface area contributed by atoms with Crippen LogP contribution in [0.3, 0.4) is 0 Å². The van der Waals surface area contributed by atoms with Gasteiger partial charge >= 0.3 is 6.47 Å². The first-order chi connectivity index (χ1) is 5.22. The van der Waals surface area contributed by atoms with Crippen molar-refractivity contribution < 1.29 is 9.53 Å². The molecule has 0 bridgehead atoms. The van der Waals surface area contributed by atoms with E-state index >= 15 is 0 Å². The van der Waals surface area contributed by atoms with E-state index in [0.29, 0.717) is 10.0 Å². The van der Waals surface area contributed by atoms with E-state index in [0.717, 1.165) is 0 Å². The van der Waals surface area contributed by atoms with Gasteiger partial charge in [0.2, 0.25) is 0 Å². The first-order valence-electron chi connectivity index (χ1n) is 2.72. The molecule has 0 unspecified atom stereocenters. The third-order valence-electron chi connectivity index (χ3n) is 0.996. The van der Waals surface area contributed by atoms with Gasteiger partial charge in [-0.25, -0.2) is 4.79 Å². The second kappa shape index (κ2) is 3.60.